The van der Waals surface area contributed by atoms with Crippen LogP contribution in [0.25, 0.3) is 10.9 Å². The second-order valence-electron chi connectivity index (χ2n) is 5.65. The van der Waals surface area contributed by atoms with Crippen LogP contribution in [-0.4, -0.2) is 21.5 Å². The molecule has 0 aliphatic heterocycles. The van der Waals surface area contributed by atoms with E-state index in [1.807, 2.05) is 35.9 Å². The van der Waals surface area contributed by atoms with Crippen molar-refractivity contribution in [1.29, 1.82) is 0 Å². The summed E-state index contributed by atoms with van der Waals surface area (Å²) >= 11 is 0. The maximum Gasteiger partial charge on any atom is 0.271 e. The van der Waals surface area contributed by atoms with E-state index in [2.05, 4.69) is 16.0 Å². The van der Waals surface area contributed by atoms with Gasteiger partial charge >= 0.3 is 0 Å². The highest BCUT2D eigenvalue weighted by Gasteiger charge is 2.16. The van der Waals surface area contributed by atoms with Crippen molar-refractivity contribution in [2.75, 3.05) is 0 Å². The van der Waals surface area contributed by atoms with Gasteiger partial charge in [0.25, 0.3) is 5.91 Å². The molecule has 2 heterocycles. The summed E-state index contributed by atoms with van der Waals surface area (Å²) in [4.78, 5) is 24.4. The molecule has 24 heavy (non-hydrogen) atoms. The zero-order chi connectivity index (χ0) is 17.3. The van der Waals surface area contributed by atoms with Gasteiger partial charge in [-0.1, -0.05) is 23.4 Å². The van der Waals surface area contributed by atoms with Crippen molar-refractivity contribution in [2.45, 2.75) is 20.3 Å². The van der Waals surface area contributed by atoms with Gasteiger partial charge in [-0.25, -0.2) is 0 Å². The number of para-hydroxylation sites is 1. The van der Waals surface area contributed by atoms with Gasteiger partial charge in [-0.05, 0) is 19.9 Å². The van der Waals surface area contributed by atoms with Crippen molar-refractivity contribution in [3.05, 3.63) is 53.0 Å². The zero-order valence-corrected chi connectivity index (χ0v) is 13.7. The molecule has 124 valence electrons. The second kappa shape index (κ2) is 6.19. The van der Waals surface area contributed by atoms with Gasteiger partial charge in [-0.15, -0.1) is 0 Å². The summed E-state index contributed by atoms with van der Waals surface area (Å²) in [6, 6.07) is 7.59. The van der Waals surface area contributed by atoms with E-state index >= 15 is 0 Å². The molecule has 2 aromatic heterocycles. The monoisotopic (exact) mass is 326 g/mol. The molecule has 0 radical (unpaired) electrons. The van der Waals surface area contributed by atoms with Crippen LogP contribution in [0.2, 0.25) is 0 Å². The highest BCUT2D eigenvalue weighted by molar-refractivity contribution is 6.07. The number of benzene rings is 1. The predicted molar refractivity (Wildman–Crippen MR) is 88.2 cm³/mol. The highest BCUT2D eigenvalue weighted by atomic mass is 16.5. The van der Waals surface area contributed by atoms with Crippen molar-refractivity contribution >= 4 is 22.7 Å². The van der Waals surface area contributed by atoms with Crippen molar-refractivity contribution < 1.29 is 14.1 Å². The average molecular weight is 326 g/mol. The normalized spacial score (nSPS) is 10.8. The Morgan fingerprint density at radius 3 is 2.67 bits per heavy atom. The number of nitrogens with one attached hydrogen (secondary N) is 2. The van der Waals surface area contributed by atoms with E-state index < -0.39 is 0 Å². The smallest absolute Gasteiger partial charge is 0.271 e. The number of aromatic nitrogens is 2. The fourth-order valence-electron chi connectivity index (χ4n) is 2.68. The number of carbonyl (C=O) groups is 2. The Balaban J connectivity index is 1.68. The first-order chi connectivity index (χ1) is 11.5. The zero-order valence-electron chi connectivity index (χ0n) is 13.7. The summed E-state index contributed by atoms with van der Waals surface area (Å²) in [6.07, 6.45) is 1.83. The van der Waals surface area contributed by atoms with E-state index in [1.54, 1.807) is 20.0 Å². The van der Waals surface area contributed by atoms with Crippen molar-refractivity contribution in [1.82, 2.24) is 20.6 Å². The standard InChI is InChI=1S/C17H18N4O3/c1-10-13(11(2)24-20-10)8-16(22)18-19-17(23)14-9-21(3)15-7-5-4-6-12(14)15/h4-7,9H,8H2,1-3H3,(H,18,22)(H,19,23). The Bertz CT molecular complexity index is 904. The van der Waals surface area contributed by atoms with Gasteiger partial charge in [-0.2, -0.15) is 0 Å². The Labute approximate surface area is 138 Å². The first-order valence-corrected chi connectivity index (χ1v) is 7.52. The summed E-state index contributed by atoms with van der Waals surface area (Å²) in [7, 11) is 1.87. The maximum atomic E-state index is 12.3. The summed E-state index contributed by atoms with van der Waals surface area (Å²) in [5.74, 6) is -0.0973. The molecule has 0 fully saturated rings. The van der Waals surface area contributed by atoms with Gasteiger partial charge in [0.1, 0.15) is 5.76 Å². The van der Waals surface area contributed by atoms with Crippen LogP contribution in [0.5, 0.6) is 0 Å². The van der Waals surface area contributed by atoms with Crippen LogP contribution < -0.4 is 10.9 Å². The number of carbonyl (C=O) groups excluding carboxylic acids is 2. The lowest BCUT2D eigenvalue weighted by atomic mass is 10.1. The third kappa shape index (κ3) is 2.88. The number of nitrogens with zero attached hydrogens (tertiary/aromatic N) is 2. The van der Waals surface area contributed by atoms with Crippen LogP contribution in [0.4, 0.5) is 0 Å². The third-order valence-electron chi connectivity index (χ3n) is 3.98. The van der Waals surface area contributed by atoms with E-state index in [4.69, 9.17) is 4.52 Å². The van der Waals surface area contributed by atoms with Gasteiger partial charge in [0.05, 0.1) is 17.7 Å². The van der Waals surface area contributed by atoms with Gasteiger partial charge in [0, 0.05) is 29.7 Å². The molecule has 0 aliphatic rings. The highest BCUT2D eigenvalue weighted by Crippen LogP contribution is 2.19. The molecular formula is C17H18N4O3. The van der Waals surface area contributed by atoms with Crippen molar-refractivity contribution in [2.24, 2.45) is 7.05 Å². The van der Waals surface area contributed by atoms with Crippen molar-refractivity contribution in [3.63, 3.8) is 0 Å². The summed E-state index contributed by atoms with van der Waals surface area (Å²) in [6.45, 7) is 3.52. The SMILES string of the molecule is Cc1noc(C)c1CC(=O)NNC(=O)c1cn(C)c2ccccc12. The molecule has 1 aromatic carbocycles. The lowest BCUT2D eigenvalue weighted by molar-refractivity contribution is -0.121. The Morgan fingerprint density at radius 2 is 1.96 bits per heavy atom. The Morgan fingerprint density at radius 1 is 1.21 bits per heavy atom. The van der Waals surface area contributed by atoms with Crippen LogP contribution in [0.15, 0.2) is 35.0 Å². The molecule has 0 atom stereocenters. The summed E-state index contributed by atoms with van der Waals surface area (Å²) < 4.78 is 6.89. The molecule has 0 spiro atoms. The number of hydrogen-bond donors (Lipinski definition) is 2. The topological polar surface area (TPSA) is 89.2 Å². The second-order valence-corrected chi connectivity index (χ2v) is 5.65. The lowest BCUT2D eigenvalue weighted by Gasteiger charge is -2.06. The minimum Gasteiger partial charge on any atom is -0.361 e. The Hall–Kier alpha value is -3.09. The fraction of sp³-hybridized carbons (Fsp3) is 0.235. The first-order valence-electron chi connectivity index (χ1n) is 7.52. The molecule has 0 saturated heterocycles. The molecule has 2 N–H and O–H groups in total. The number of amides is 2. The minimum atomic E-state index is -0.362. The van der Waals surface area contributed by atoms with E-state index in [9.17, 15) is 9.59 Å². The Kier molecular flexibility index (Phi) is 4.07. The quantitative estimate of drug-likeness (QED) is 0.718. The molecule has 0 aliphatic carbocycles. The number of fused-ring (bicyclic) bond motifs is 1. The van der Waals surface area contributed by atoms with Gasteiger partial charge in [0.15, 0.2) is 0 Å². The summed E-state index contributed by atoms with van der Waals surface area (Å²) in [5, 5.41) is 4.63. The minimum absolute atomic E-state index is 0.0942. The molecule has 0 saturated carbocycles. The molecule has 0 unspecified atom stereocenters. The molecule has 7 heteroatoms. The number of aryl methyl sites for hydroxylation is 3. The van der Waals surface area contributed by atoms with Crippen LogP contribution in [0.3, 0.4) is 0 Å². The first kappa shape index (κ1) is 15.8. The van der Waals surface area contributed by atoms with E-state index in [0.29, 0.717) is 17.0 Å². The maximum absolute atomic E-state index is 12.3. The van der Waals surface area contributed by atoms with E-state index in [-0.39, 0.29) is 18.2 Å². The number of hydrazine groups is 1. The number of rotatable bonds is 3. The molecule has 3 rings (SSSR count). The summed E-state index contributed by atoms with van der Waals surface area (Å²) in [5.41, 5.74) is 7.74. The van der Waals surface area contributed by atoms with Crippen molar-refractivity contribution in [3.8, 4) is 0 Å². The molecule has 7 nitrogen and oxygen atoms in total. The van der Waals surface area contributed by atoms with Crippen LogP contribution in [-0.2, 0) is 18.3 Å². The van der Waals surface area contributed by atoms with Gasteiger partial charge in [0.2, 0.25) is 5.91 Å². The van der Waals surface area contributed by atoms with Gasteiger partial charge in [-0.3, -0.25) is 20.4 Å². The average Bonchev–Trinajstić information content (AvgIpc) is 3.07. The van der Waals surface area contributed by atoms with Crippen LogP contribution >= 0.6 is 0 Å². The largest absolute Gasteiger partial charge is 0.361 e. The molecule has 3 aromatic rings. The van der Waals surface area contributed by atoms with E-state index in [1.165, 1.54) is 0 Å². The van der Waals surface area contributed by atoms with Crippen LogP contribution in [0, 0.1) is 13.8 Å². The molecular weight excluding hydrogens is 308 g/mol. The predicted octanol–water partition coefficient (Wildman–Crippen LogP) is 1.79. The molecule has 2 amide bonds. The lowest BCUT2D eigenvalue weighted by Crippen LogP contribution is -2.42. The molecule has 0 bridgehead atoms. The van der Waals surface area contributed by atoms with Crippen LogP contribution in [0.1, 0.15) is 27.4 Å². The fourth-order valence-corrected chi connectivity index (χ4v) is 2.68. The third-order valence-corrected chi connectivity index (χ3v) is 3.98. The number of hydrogen-bond acceptors (Lipinski definition) is 4. The van der Waals surface area contributed by atoms with Gasteiger partial charge < -0.3 is 9.09 Å². The van der Waals surface area contributed by atoms with E-state index in [0.717, 1.165) is 16.5 Å².